The lowest BCUT2D eigenvalue weighted by Gasteiger charge is -2.25. The quantitative estimate of drug-likeness (QED) is 0.683. The summed E-state index contributed by atoms with van der Waals surface area (Å²) in [6.07, 6.45) is 2.72. The minimum Gasteiger partial charge on any atom is -0.494 e. The molecule has 2 aliphatic heterocycles. The van der Waals surface area contributed by atoms with Crippen LogP contribution in [0.15, 0.2) is 36.4 Å². The fraction of sp³-hybridized carbons (Fsp3) is 0.391. The molecule has 3 aromatic rings. The fourth-order valence-corrected chi connectivity index (χ4v) is 4.58. The second kappa shape index (κ2) is 8.02. The van der Waals surface area contributed by atoms with Crippen LogP contribution < -0.4 is 15.0 Å². The van der Waals surface area contributed by atoms with Gasteiger partial charge in [-0.25, -0.2) is 0 Å². The maximum atomic E-state index is 12.7. The summed E-state index contributed by atoms with van der Waals surface area (Å²) in [7, 11) is 0. The van der Waals surface area contributed by atoms with E-state index < -0.39 is 0 Å². The molecule has 1 amide bonds. The molecule has 8 heteroatoms. The topological polar surface area (TPSA) is 85.2 Å². The molecular formula is C23H26N6O2. The molecule has 0 unspecified atom stereocenters. The molecule has 1 saturated heterocycles. The Morgan fingerprint density at radius 3 is 2.58 bits per heavy atom. The average molecular weight is 419 g/mol. The van der Waals surface area contributed by atoms with Crippen molar-refractivity contribution in [2.75, 3.05) is 29.9 Å². The predicted molar refractivity (Wildman–Crippen MR) is 118 cm³/mol. The Hall–Kier alpha value is -3.42. The van der Waals surface area contributed by atoms with Crippen LogP contribution in [0.1, 0.15) is 48.9 Å². The molecule has 2 aliphatic rings. The number of benzene rings is 1. The molecule has 1 aromatic carbocycles. The zero-order valence-electron chi connectivity index (χ0n) is 17.8. The van der Waals surface area contributed by atoms with Crippen molar-refractivity contribution in [1.82, 2.24) is 20.0 Å². The minimum absolute atomic E-state index is 0.0494. The van der Waals surface area contributed by atoms with E-state index in [1.807, 2.05) is 50.2 Å². The van der Waals surface area contributed by atoms with Gasteiger partial charge in [-0.3, -0.25) is 4.79 Å². The average Bonchev–Trinajstić information content (AvgIpc) is 3.43. The van der Waals surface area contributed by atoms with Gasteiger partial charge in [0, 0.05) is 36.6 Å². The lowest BCUT2D eigenvalue weighted by atomic mass is 9.85. The Labute approximate surface area is 181 Å². The number of aryl methyl sites for hydroxylation is 1. The lowest BCUT2D eigenvalue weighted by molar-refractivity contribution is -0.116. The summed E-state index contributed by atoms with van der Waals surface area (Å²) in [6, 6.07) is 11.8. The van der Waals surface area contributed by atoms with E-state index in [2.05, 4.69) is 20.4 Å². The summed E-state index contributed by atoms with van der Waals surface area (Å²) in [5.41, 5.74) is 2.85. The van der Waals surface area contributed by atoms with Gasteiger partial charge in [0.15, 0.2) is 11.6 Å². The van der Waals surface area contributed by atoms with E-state index in [-0.39, 0.29) is 11.8 Å². The highest BCUT2D eigenvalue weighted by molar-refractivity contribution is 5.95. The van der Waals surface area contributed by atoms with Crippen molar-refractivity contribution in [2.24, 2.45) is 0 Å². The summed E-state index contributed by atoms with van der Waals surface area (Å²) in [5.74, 6) is 2.76. The number of carbonyl (C=O) groups excluding carboxylic acids is 1. The maximum Gasteiger partial charge on any atom is 0.226 e. The number of nitrogens with zero attached hydrogens (tertiary/aromatic N) is 5. The largest absolute Gasteiger partial charge is 0.494 e. The third-order valence-corrected chi connectivity index (χ3v) is 5.98. The molecular weight excluding hydrogens is 392 g/mol. The molecule has 1 N–H and O–H groups in total. The number of fused-ring (bicyclic) bond motifs is 1. The number of aromatic nitrogens is 4. The highest BCUT2D eigenvalue weighted by atomic mass is 16.5. The summed E-state index contributed by atoms with van der Waals surface area (Å²) in [5, 5.41) is 16.6. The highest BCUT2D eigenvalue weighted by Crippen LogP contribution is 2.42. The Kier molecular flexibility index (Phi) is 5.05. The van der Waals surface area contributed by atoms with Crippen molar-refractivity contribution in [3.63, 3.8) is 0 Å². The van der Waals surface area contributed by atoms with Gasteiger partial charge in [0.05, 0.1) is 12.3 Å². The van der Waals surface area contributed by atoms with Crippen LogP contribution in [0.2, 0.25) is 0 Å². The maximum absolute atomic E-state index is 12.7. The first-order valence-corrected chi connectivity index (χ1v) is 10.9. The molecule has 0 bridgehead atoms. The first kappa shape index (κ1) is 19.5. The smallest absolute Gasteiger partial charge is 0.226 e. The zero-order chi connectivity index (χ0) is 21.4. The van der Waals surface area contributed by atoms with Crippen molar-refractivity contribution in [3.05, 3.63) is 53.2 Å². The first-order valence-electron chi connectivity index (χ1n) is 10.9. The van der Waals surface area contributed by atoms with Gasteiger partial charge in [-0.05, 0) is 44.9 Å². The molecule has 160 valence electrons. The molecule has 0 saturated carbocycles. The number of hydrogen-bond acceptors (Lipinski definition) is 6. The second-order valence-electron chi connectivity index (χ2n) is 7.98. The van der Waals surface area contributed by atoms with E-state index in [0.29, 0.717) is 24.7 Å². The lowest BCUT2D eigenvalue weighted by Crippen LogP contribution is -2.25. The van der Waals surface area contributed by atoms with Crippen molar-refractivity contribution in [1.29, 1.82) is 0 Å². The van der Waals surface area contributed by atoms with E-state index in [1.165, 1.54) is 12.8 Å². The van der Waals surface area contributed by atoms with Crippen LogP contribution in [0.5, 0.6) is 5.75 Å². The van der Waals surface area contributed by atoms with Crippen LogP contribution in [0.3, 0.4) is 0 Å². The molecule has 4 heterocycles. The number of amides is 1. The molecule has 5 rings (SSSR count). The van der Waals surface area contributed by atoms with Crippen LogP contribution in [-0.2, 0) is 4.79 Å². The first-order chi connectivity index (χ1) is 15.2. The van der Waals surface area contributed by atoms with Gasteiger partial charge < -0.3 is 15.0 Å². The van der Waals surface area contributed by atoms with E-state index in [9.17, 15) is 4.79 Å². The molecule has 0 radical (unpaired) electrons. The summed E-state index contributed by atoms with van der Waals surface area (Å²) in [4.78, 5) is 14.9. The van der Waals surface area contributed by atoms with E-state index >= 15 is 0 Å². The van der Waals surface area contributed by atoms with Crippen LogP contribution in [0.25, 0.3) is 5.82 Å². The van der Waals surface area contributed by atoms with Gasteiger partial charge in [-0.15, -0.1) is 10.2 Å². The van der Waals surface area contributed by atoms with Gasteiger partial charge in [-0.1, -0.05) is 18.2 Å². The second-order valence-corrected chi connectivity index (χ2v) is 7.98. The number of para-hydroxylation sites is 1. The number of carbonyl (C=O) groups is 1. The monoisotopic (exact) mass is 418 g/mol. The van der Waals surface area contributed by atoms with Gasteiger partial charge >= 0.3 is 0 Å². The van der Waals surface area contributed by atoms with E-state index in [4.69, 9.17) is 9.84 Å². The zero-order valence-corrected chi connectivity index (χ0v) is 17.8. The van der Waals surface area contributed by atoms with Crippen LogP contribution in [-0.4, -0.2) is 45.6 Å². The van der Waals surface area contributed by atoms with Crippen LogP contribution in [0.4, 0.5) is 11.6 Å². The van der Waals surface area contributed by atoms with Crippen molar-refractivity contribution < 1.29 is 9.53 Å². The molecule has 1 atom stereocenters. The SMILES string of the molecule is CCOc1ccccc1[C@@H]1CC(=O)Nc2c1c(C)nn2-c1ccc(N2CCCC2)nn1. The number of hydrogen-bond donors (Lipinski definition) is 1. The number of rotatable bonds is 5. The Balaban J connectivity index is 1.55. The third kappa shape index (κ3) is 3.52. The van der Waals surface area contributed by atoms with E-state index in [0.717, 1.165) is 41.5 Å². The Morgan fingerprint density at radius 1 is 1.10 bits per heavy atom. The van der Waals surface area contributed by atoms with E-state index in [1.54, 1.807) is 4.68 Å². The summed E-state index contributed by atoms with van der Waals surface area (Å²) in [6.45, 7) is 6.53. The van der Waals surface area contributed by atoms with Gasteiger partial charge in [0.1, 0.15) is 11.6 Å². The number of anilines is 2. The minimum atomic E-state index is -0.128. The predicted octanol–water partition coefficient (Wildman–Crippen LogP) is 3.44. The molecule has 8 nitrogen and oxygen atoms in total. The highest BCUT2D eigenvalue weighted by Gasteiger charge is 2.34. The Bertz CT molecular complexity index is 1100. The third-order valence-electron chi connectivity index (χ3n) is 5.98. The summed E-state index contributed by atoms with van der Waals surface area (Å²) >= 11 is 0. The van der Waals surface area contributed by atoms with Crippen LogP contribution >= 0.6 is 0 Å². The fourth-order valence-electron chi connectivity index (χ4n) is 4.58. The molecule has 31 heavy (non-hydrogen) atoms. The van der Waals surface area contributed by atoms with Crippen molar-refractivity contribution >= 4 is 17.5 Å². The molecule has 1 fully saturated rings. The van der Waals surface area contributed by atoms with Crippen molar-refractivity contribution in [3.8, 4) is 11.6 Å². The van der Waals surface area contributed by atoms with Crippen LogP contribution in [0, 0.1) is 6.92 Å². The van der Waals surface area contributed by atoms with Gasteiger partial charge in [-0.2, -0.15) is 9.78 Å². The van der Waals surface area contributed by atoms with Crippen molar-refractivity contribution in [2.45, 2.75) is 39.0 Å². The molecule has 2 aromatic heterocycles. The van der Waals surface area contributed by atoms with Gasteiger partial charge in [0.2, 0.25) is 5.91 Å². The number of ether oxygens (including phenoxy) is 1. The number of nitrogens with one attached hydrogen (secondary N) is 1. The van der Waals surface area contributed by atoms with Gasteiger partial charge in [0.25, 0.3) is 0 Å². The molecule has 0 aliphatic carbocycles. The summed E-state index contributed by atoms with van der Waals surface area (Å²) < 4.78 is 7.54. The normalized spacial score (nSPS) is 18.1. The Morgan fingerprint density at radius 2 is 1.84 bits per heavy atom. The standard InChI is InChI=1S/C23H26N6O2/c1-3-31-18-9-5-4-8-16(18)17-14-21(30)24-23-22(17)15(2)27-29(23)20-11-10-19(25-26-20)28-12-6-7-13-28/h4-5,8-11,17H,3,6-7,12-14H2,1-2H3,(H,24,30)/t17-/m0/s1. The molecule has 0 spiro atoms.